The Balaban J connectivity index is 1.61. The monoisotopic (exact) mass is 298 g/mol. The molecule has 2 nitrogen and oxygen atoms in total. The van der Waals surface area contributed by atoms with Crippen LogP contribution >= 0.6 is 15.9 Å². The molecule has 2 heterocycles. The summed E-state index contributed by atoms with van der Waals surface area (Å²) < 4.78 is 1.13. The molecular formula is C14H23BrN2. The van der Waals surface area contributed by atoms with Crippen molar-refractivity contribution in [1.29, 1.82) is 0 Å². The van der Waals surface area contributed by atoms with E-state index in [0.717, 1.165) is 29.0 Å². The van der Waals surface area contributed by atoms with Gasteiger partial charge in [0.2, 0.25) is 0 Å². The first kappa shape index (κ1) is 12.2. The molecule has 3 heteroatoms. The van der Waals surface area contributed by atoms with Crippen molar-refractivity contribution in [1.82, 2.24) is 9.80 Å². The van der Waals surface area contributed by atoms with Gasteiger partial charge in [-0.15, -0.1) is 0 Å². The molecule has 1 saturated carbocycles. The number of piperidine rings is 2. The molecule has 0 aromatic carbocycles. The average molecular weight is 299 g/mol. The Morgan fingerprint density at radius 1 is 1.18 bits per heavy atom. The summed E-state index contributed by atoms with van der Waals surface area (Å²) in [6.07, 6.45) is 7.16. The molecule has 0 radical (unpaired) electrons. The highest BCUT2D eigenvalue weighted by Crippen LogP contribution is 2.38. The SMILES string of the molecule is C=C(Br)CN1CC[C@@H]2[C@@H](CCCN2C2CC2)C1. The van der Waals surface area contributed by atoms with E-state index in [1.165, 1.54) is 51.7 Å². The van der Waals surface area contributed by atoms with E-state index in [4.69, 9.17) is 0 Å². The van der Waals surface area contributed by atoms with Crippen molar-refractivity contribution >= 4 is 15.9 Å². The fourth-order valence-corrected chi connectivity index (χ4v) is 4.12. The van der Waals surface area contributed by atoms with Gasteiger partial charge in [-0.25, -0.2) is 0 Å². The highest BCUT2D eigenvalue weighted by molar-refractivity contribution is 9.11. The van der Waals surface area contributed by atoms with Gasteiger partial charge in [-0.05, 0) is 44.6 Å². The van der Waals surface area contributed by atoms with Crippen LogP contribution in [0.4, 0.5) is 0 Å². The molecular weight excluding hydrogens is 276 g/mol. The molecule has 3 rings (SSSR count). The third-order valence-corrected chi connectivity index (χ3v) is 4.86. The van der Waals surface area contributed by atoms with Crippen molar-refractivity contribution < 1.29 is 0 Å². The van der Waals surface area contributed by atoms with Gasteiger partial charge in [0.25, 0.3) is 0 Å². The molecule has 0 amide bonds. The molecule has 2 saturated heterocycles. The normalized spacial score (nSPS) is 35.6. The van der Waals surface area contributed by atoms with Crippen LogP contribution in [-0.4, -0.2) is 48.1 Å². The van der Waals surface area contributed by atoms with Gasteiger partial charge < -0.3 is 0 Å². The Morgan fingerprint density at radius 2 is 2.00 bits per heavy atom. The van der Waals surface area contributed by atoms with Crippen LogP contribution in [0.2, 0.25) is 0 Å². The van der Waals surface area contributed by atoms with E-state index in [0.29, 0.717) is 0 Å². The van der Waals surface area contributed by atoms with Crippen LogP contribution in [0.1, 0.15) is 32.1 Å². The third-order valence-electron chi connectivity index (χ3n) is 4.61. The lowest BCUT2D eigenvalue weighted by Gasteiger charge is -2.47. The van der Waals surface area contributed by atoms with Crippen LogP contribution in [-0.2, 0) is 0 Å². The minimum absolute atomic E-state index is 0.899. The predicted molar refractivity (Wildman–Crippen MR) is 75.4 cm³/mol. The summed E-state index contributed by atoms with van der Waals surface area (Å²) in [6.45, 7) is 8.93. The molecule has 3 fully saturated rings. The largest absolute Gasteiger partial charge is 0.298 e. The van der Waals surface area contributed by atoms with Crippen molar-refractivity contribution in [2.24, 2.45) is 5.92 Å². The second kappa shape index (κ2) is 5.02. The number of nitrogens with zero attached hydrogens (tertiary/aromatic N) is 2. The molecule has 0 N–H and O–H groups in total. The van der Waals surface area contributed by atoms with Crippen LogP contribution in [0.25, 0.3) is 0 Å². The lowest BCUT2D eigenvalue weighted by molar-refractivity contribution is 0.0216. The molecule has 1 aliphatic carbocycles. The zero-order chi connectivity index (χ0) is 11.8. The Kier molecular flexibility index (Phi) is 3.60. The van der Waals surface area contributed by atoms with Crippen molar-refractivity contribution in [3.05, 3.63) is 11.1 Å². The molecule has 3 aliphatic rings. The van der Waals surface area contributed by atoms with E-state index in [1.807, 2.05) is 0 Å². The molecule has 96 valence electrons. The van der Waals surface area contributed by atoms with Gasteiger partial charge in [-0.2, -0.15) is 0 Å². The summed E-state index contributed by atoms with van der Waals surface area (Å²) in [5.41, 5.74) is 0. The van der Waals surface area contributed by atoms with Crippen molar-refractivity contribution in [3.63, 3.8) is 0 Å². The van der Waals surface area contributed by atoms with Gasteiger partial charge in [-0.3, -0.25) is 9.80 Å². The number of halogens is 1. The number of fused-ring (bicyclic) bond motifs is 1. The summed E-state index contributed by atoms with van der Waals surface area (Å²) in [6, 6.07) is 1.86. The van der Waals surface area contributed by atoms with Gasteiger partial charge in [-0.1, -0.05) is 22.5 Å². The zero-order valence-corrected chi connectivity index (χ0v) is 12.2. The van der Waals surface area contributed by atoms with Crippen LogP contribution < -0.4 is 0 Å². The number of hydrogen-bond acceptors (Lipinski definition) is 2. The average Bonchev–Trinajstić information content (AvgIpc) is 3.11. The van der Waals surface area contributed by atoms with Gasteiger partial charge in [0.15, 0.2) is 0 Å². The number of hydrogen-bond donors (Lipinski definition) is 0. The van der Waals surface area contributed by atoms with Gasteiger partial charge in [0.1, 0.15) is 0 Å². The summed E-state index contributed by atoms with van der Waals surface area (Å²) in [5, 5.41) is 0. The molecule has 0 spiro atoms. The predicted octanol–water partition coefficient (Wildman–Crippen LogP) is 2.84. The van der Waals surface area contributed by atoms with E-state index in [9.17, 15) is 0 Å². The Hall–Kier alpha value is 0.140. The maximum Gasteiger partial charge on any atom is 0.0294 e. The van der Waals surface area contributed by atoms with E-state index in [2.05, 4.69) is 32.3 Å². The highest BCUT2D eigenvalue weighted by atomic mass is 79.9. The zero-order valence-electron chi connectivity index (χ0n) is 10.6. The standard InChI is InChI=1S/C14H23BrN2/c1-11(15)9-16-8-6-14-12(10-16)3-2-7-17(14)13-4-5-13/h12-14H,1-10H2/t12-,14+/m0/s1. The Bertz CT molecular complexity index is 301. The summed E-state index contributed by atoms with van der Waals surface area (Å²) in [5.74, 6) is 0.921. The van der Waals surface area contributed by atoms with E-state index >= 15 is 0 Å². The van der Waals surface area contributed by atoms with Crippen LogP contribution in [0.15, 0.2) is 11.1 Å². The second-order valence-corrected chi connectivity index (χ2v) is 7.10. The third kappa shape index (κ3) is 2.77. The van der Waals surface area contributed by atoms with Crippen LogP contribution in [0.5, 0.6) is 0 Å². The van der Waals surface area contributed by atoms with Crippen LogP contribution in [0.3, 0.4) is 0 Å². The number of rotatable bonds is 3. The molecule has 0 aromatic rings. The second-order valence-electron chi connectivity index (χ2n) is 5.98. The molecule has 2 atom stereocenters. The Labute approximate surface area is 113 Å². The first-order valence-corrected chi connectivity index (χ1v) is 7.84. The molecule has 0 aromatic heterocycles. The van der Waals surface area contributed by atoms with Crippen molar-refractivity contribution in [3.8, 4) is 0 Å². The van der Waals surface area contributed by atoms with Gasteiger partial charge in [0, 0.05) is 36.2 Å². The Morgan fingerprint density at radius 3 is 2.71 bits per heavy atom. The van der Waals surface area contributed by atoms with Crippen LogP contribution in [0, 0.1) is 5.92 Å². The maximum atomic E-state index is 3.97. The lowest BCUT2D eigenvalue weighted by atomic mass is 9.83. The van der Waals surface area contributed by atoms with E-state index < -0.39 is 0 Å². The molecule has 2 aliphatic heterocycles. The molecule has 17 heavy (non-hydrogen) atoms. The number of likely N-dealkylation sites (tertiary alicyclic amines) is 2. The minimum Gasteiger partial charge on any atom is -0.298 e. The topological polar surface area (TPSA) is 6.48 Å². The first-order valence-electron chi connectivity index (χ1n) is 7.05. The van der Waals surface area contributed by atoms with E-state index in [1.54, 1.807) is 0 Å². The quantitative estimate of drug-likeness (QED) is 0.790. The van der Waals surface area contributed by atoms with Crippen molar-refractivity contribution in [2.45, 2.75) is 44.2 Å². The van der Waals surface area contributed by atoms with Crippen molar-refractivity contribution in [2.75, 3.05) is 26.2 Å². The van der Waals surface area contributed by atoms with Gasteiger partial charge in [0.05, 0.1) is 0 Å². The summed E-state index contributed by atoms with van der Waals surface area (Å²) >= 11 is 3.50. The fraction of sp³-hybridized carbons (Fsp3) is 0.857. The highest BCUT2D eigenvalue weighted by Gasteiger charge is 2.41. The minimum atomic E-state index is 0.899. The lowest BCUT2D eigenvalue weighted by Crippen LogP contribution is -2.54. The molecule has 0 bridgehead atoms. The fourth-order valence-electron chi connectivity index (χ4n) is 3.76. The first-order chi connectivity index (χ1) is 8.24. The van der Waals surface area contributed by atoms with Gasteiger partial charge >= 0.3 is 0 Å². The molecule has 0 unspecified atom stereocenters. The maximum absolute atomic E-state index is 3.97. The smallest absolute Gasteiger partial charge is 0.0294 e. The van der Waals surface area contributed by atoms with E-state index in [-0.39, 0.29) is 0 Å². The summed E-state index contributed by atoms with van der Waals surface area (Å²) in [7, 11) is 0. The summed E-state index contributed by atoms with van der Waals surface area (Å²) in [4.78, 5) is 5.42.